The van der Waals surface area contributed by atoms with Crippen LogP contribution in [0.25, 0.3) is 6.08 Å². The fraction of sp³-hybridized carbons (Fsp3) is 0.100. The van der Waals surface area contributed by atoms with E-state index in [2.05, 4.69) is 27.9 Å². The molecule has 0 unspecified atom stereocenters. The number of methoxy groups -OCH3 is 1. The number of nitrogens with one attached hydrogen (secondary N) is 1. The molecule has 7 heteroatoms. The Morgan fingerprint density at radius 3 is 2.63 bits per heavy atom. The first-order valence-corrected chi connectivity index (χ1v) is 8.88. The smallest absolute Gasteiger partial charge is 0.282 e. The highest BCUT2D eigenvalue weighted by atomic mass is 79.9. The number of para-hydroxylation sites is 1. The van der Waals surface area contributed by atoms with Gasteiger partial charge in [-0.2, -0.15) is 0 Å². The lowest BCUT2D eigenvalue weighted by Crippen LogP contribution is -2.35. The standard InChI is InChI=1S/C20H17BrN2O4/c1-3-9-27-18-13(10-14(21)12-17(18)26-2)11-16-19(24)22-23(20(16)25)15-7-5-4-6-8-15/h3-8,10-12H,1,9H2,2H3,(H,22,24). The van der Waals surface area contributed by atoms with Crippen molar-refractivity contribution in [2.75, 3.05) is 18.7 Å². The molecule has 0 aliphatic carbocycles. The van der Waals surface area contributed by atoms with Crippen LogP contribution >= 0.6 is 15.9 Å². The van der Waals surface area contributed by atoms with E-state index in [0.29, 0.717) is 22.7 Å². The molecule has 2 aromatic carbocycles. The van der Waals surface area contributed by atoms with Crippen molar-refractivity contribution in [3.05, 3.63) is 70.7 Å². The van der Waals surface area contributed by atoms with Gasteiger partial charge in [-0.25, -0.2) is 5.01 Å². The second-order valence-corrected chi connectivity index (χ2v) is 6.52. The van der Waals surface area contributed by atoms with Crippen LogP contribution in [0.5, 0.6) is 11.5 Å². The lowest BCUT2D eigenvalue weighted by atomic mass is 10.1. The van der Waals surface area contributed by atoms with Crippen LogP contribution < -0.4 is 19.9 Å². The van der Waals surface area contributed by atoms with E-state index in [4.69, 9.17) is 9.47 Å². The minimum Gasteiger partial charge on any atom is -0.493 e. The summed E-state index contributed by atoms with van der Waals surface area (Å²) in [6.45, 7) is 3.89. The molecule has 1 saturated heterocycles. The third-order valence-corrected chi connectivity index (χ3v) is 4.28. The number of halogens is 1. The normalized spacial score (nSPS) is 15.0. The van der Waals surface area contributed by atoms with E-state index in [1.807, 2.05) is 6.07 Å². The number of anilines is 1. The van der Waals surface area contributed by atoms with Gasteiger partial charge in [0.15, 0.2) is 11.5 Å². The summed E-state index contributed by atoms with van der Waals surface area (Å²) in [7, 11) is 1.52. The van der Waals surface area contributed by atoms with Crippen molar-refractivity contribution in [1.29, 1.82) is 0 Å². The Morgan fingerprint density at radius 1 is 1.22 bits per heavy atom. The first-order chi connectivity index (χ1) is 13.0. The van der Waals surface area contributed by atoms with Crippen LogP contribution in [0.2, 0.25) is 0 Å². The summed E-state index contributed by atoms with van der Waals surface area (Å²) in [6, 6.07) is 12.4. The van der Waals surface area contributed by atoms with Crippen LogP contribution in [0, 0.1) is 0 Å². The van der Waals surface area contributed by atoms with Gasteiger partial charge in [0.1, 0.15) is 12.2 Å². The van der Waals surface area contributed by atoms with Gasteiger partial charge in [-0.3, -0.25) is 15.0 Å². The molecule has 1 aliphatic rings. The van der Waals surface area contributed by atoms with Crippen molar-refractivity contribution in [2.24, 2.45) is 0 Å². The van der Waals surface area contributed by atoms with Crippen LogP contribution in [0.4, 0.5) is 5.69 Å². The van der Waals surface area contributed by atoms with Crippen LogP contribution in [0.15, 0.2) is 65.2 Å². The summed E-state index contributed by atoms with van der Waals surface area (Å²) in [5.41, 5.74) is 3.69. The third-order valence-electron chi connectivity index (χ3n) is 3.82. The summed E-state index contributed by atoms with van der Waals surface area (Å²) in [5, 5.41) is 1.22. The average molecular weight is 429 g/mol. The van der Waals surface area contributed by atoms with Crippen molar-refractivity contribution < 1.29 is 19.1 Å². The summed E-state index contributed by atoms with van der Waals surface area (Å²) in [4.78, 5) is 25.2. The molecule has 0 aromatic heterocycles. The molecule has 1 heterocycles. The molecule has 0 atom stereocenters. The predicted molar refractivity (Wildman–Crippen MR) is 106 cm³/mol. The minimum absolute atomic E-state index is 0.00228. The van der Waals surface area contributed by atoms with Crippen molar-refractivity contribution in [2.45, 2.75) is 0 Å². The van der Waals surface area contributed by atoms with E-state index < -0.39 is 11.8 Å². The summed E-state index contributed by atoms with van der Waals surface area (Å²) < 4.78 is 11.8. The van der Waals surface area contributed by atoms with E-state index in [1.54, 1.807) is 42.5 Å². The molecule has 1 aliphatic heterocycles. The summed E-state index contributed by atoms with van der Waals surface area (Å²) >= 11 is 3.40. The van der Waals surface area contributed by atoms with Gasteiger partial charge >= 0.3 is 0 Å². The maximum atomic E-state index is 12.8. The molecule has 1 fully saturated rings. The highest BCUT2D eigenvalue weighted by Gasteiger charge is 2.34. The van der Waals surface area contributed by atoms with E-state index >= 15 is 0 Å². The molecule has 0 radical (unpaired) electrons. The van der Waals surface area contributed by atoms with Crippen LogP contribution in [-0.4, -0.2) is 25.5 Å². The lowest BCUT2D eigenvalue weighted by molar-refractivity contribution is -0.117. The average Bonchev–Trinajstić information content (AvgIpc) is 2.95. The zero-order chi connectivity index (χ0) is 19.4. The maximum absolute atomic E-state index is 12.8. The highest BCUT2D eigenvalue weighted by Crippen LogP contribution is 2.37. The number of carbonyl (C=O) groups excluding carboxylic acids is 2. The summed E-state index contributed by atoms with van der Waals surface area (Å²) in [5.74, 6) is -0.0343. The second-order valence-electron chi connectivity index (χ2n) is 5.60. The molecular weight excluding hydrogens is 412 g/mol. The predicted octanol–water partition coefficient (Wildman–Crippen LogP) is 3.48. The SMILES string of the molecule is C=CCOc1c(C=C2C(=O)NN(c3ccccc3)C2=O)cc(Br)cc1OC. The van der Waals surface area contributed by atoms with Crippen LogP contribution in [0.3, 0.4) is 0 Å². The summed E-state index contributed by atoms with van der Waals surface area (Å²) in [6.07, 6.45) is 3.09. The topological polar surface area (TPSA) is 67.9 Å². The Morgan fingerprint density at radius 2 is 1.96 bits per heavy atom. The van der Waals surface area contributed by atoms with Gasteiger partial charge in [-0.05, 0) is 30.3 Å². The Bertz CT molecular complexity index is 925. The van der Waals surface area contributed by atoms with Gasteiger partial charge in [0.2, 0.25) is 0 Å². The van der Waals surface area contributed by atoms with Crippen molar-refractivity contribution in [3.8, 4) is 11.5 Å². The first kappa shape index (κ1) is 18.7. The molecular formula is C20H17BrN2O4. The fourth-order valence-corrected chi connectivity index (χ4v) is 3.07. The Kier molecular flexibility index (Phi) is 5.61. The monoisotopic (exact) mass is 428 g/mol. The van der Waals surface area contributed by atoms with Gasteiger partial charge in [-0.15, -0.1) is 0 Å². The van der Waals surface area contributed by atoms with Gasteiger partial charge < -0.3 is 9.47 Å². The quantitative estimate of drug-likeness (QED) is 0.434. The fourth-order valence-electron chi connectivity index (χ4n) is 2.62. The number of amides is 2. The van der Waals surface area contributed by atoms with E-state index in [1.165, 1.54) is 18.2 Å². The van der Waals surface area contributed by atoms with Crippen molar-refractivity contribution >= 4 is 39.5 Å². The zero-order valence-corrected chi connectivity index (χ0v) is 16.2. The second kappa shape index (κ2) is 8.09. The maximum Gasteiger partial charge on any atom is 0.282 e. The van der Waals surface area contributed by atoms with Crippen molar-refractivity contribution in [1.82, 2.24) is 5.43 Å². The molecule has 3 rings (SSSR count). The molecule has 0 bridgehead atoms. The number of nitrogens with zero attached hydrogens (tertiary/aromatic N) is 1. The zero-order valence-electron chi connectivity index (χ0n) is 14.6. The number of rotatable bonds is 6. The van der Waals surface area contributed by atoms with Gasteiger partial charge in [-0.1, -0.05) is 46.8 Å². The Balaban J connectivity index is 2.03. The molecule has 0 spiro atoms. The lowest BCUT2D eigenvalue weighted by Gasteiger charge is -2.14. The molecule has 6 nitrogen and oxygen atoms in total. The number of hydrogen-bond donors (Lipinski definition) is 1. The van der Waals surface area contributed by atoms with Crippen LogP contribution in [-0.2, 0) is 9.59 Å². The minimum atomic E-state index is -0.488. The van der Waals surface area contributed by atoms with E-state index in [0.717, 1.165) is 4.47 Å². The molecule has 138 valence electrons. The highest BCUT2D eigenvalue weighted by molar-refractivity contribution is 9.10. The number of carbonyl (C=O) groups is 2. The van der Waals surface area contributed by atoms with Crippen molar-refractivity contribution in [3.63, 3.8) is 0 Å². The largest absolute Gasteiger partial charge is 0.493 e. The third kappa shape index (κ3) is 3.88. The molecule has 27 heavy (non-hydrogen) atoms. The molecule has 0 saturated carbocycles. The number of benzene rings is 2. The molecule has 1 N–H and O–H groups in total. The molecule has 2 aromatic rings. The Labute approximate surface area is 165 Å². The number of hydrazine groups is 1. The van der Waals surface area contributed by atoms with E-state index in [9.17, 15) is 9.59 Å². The van der Waals surface area contributed by atoms with Crippen LogP contribution in [0.1, 0.15) is 5.56 Å². The van der Waals surface area contributed by atoms with E-state index in [-0.39, 0.29) is 12.2 Å². The molecule has 2 amide bonds. The first-order valence-electron chi connectivity index (χ1n) is 8.08. The van der Waals surface area contributed by atoms with Gasteiger partial charge in [0, 0.05) is 10.0 Å². The van der Waals surface area contributed by atoms with Gasteiger partial charge in [0.25, 0.3) is 11.8 Å². The Hall–Kier alpha value is -3.06. The van der Waals surface area contributed by atoms with Gasteiger partial charge in [0.05, 0.1) is 12.8 Å². The number of hydrogen-bond acceptors (Lipinski definition) is 4. The number of ether oxygens (including phenoxy) is 2.